The maximum atomic E-state index is 11.0. The van der Waals surface area contributed by atoms with Gasteiger partial charge in [0.05, 0.1) is 27.3 Å². The first-order valence-corrected chi connectivity index (χ1v) is 6.07. The molecule has 0 spiro atoms. The van der Waals surface area contributed by atoms with E-state index in [9.17, 15) is 14.9 Å². The van der Waals surface area contributed by atoms with Crippen LogP contribution in [0.15, 0.2) is 30.6 Å². The van der Waals surface area contributed by atoms with E-state index in [0.29, 0.717) is 5.02 Å². The minimum absolute atomic E-state index is 0.0608. The van der Waals surface area contributed by atoms with Crippen molar-refractivity contribution in [3.05, 3.63) is 56.9 Å². The number of nitro benzene ring substituents is 1. The molecule has 0 fully saturated rings. The number of aromatic nitrogens is 1. The summed E-state index contributed by atoms with van der Waals surface area (Å²) >= 11 is 5.77. The molecule has 2 aromatic rings. The van der Waals surface area contributed by atoms with Crippen molar-refractivity contribution in [2.45, 2.75) is 6.92 Å². The van der Waals surface area contributed by atoms with Crippen LogP contribution in [0.5, 0.6) is 11.5 Å². The topological polar surface area (TPSA) is 103 Å². The summed E-state index contributed by atoms with van der Waals surface area (Å²) in [5.41, 5.74) is -0.359. The quantitative estimate of drug-likeness (QED) is 0.685. The van der Waals surface area contributed by atoms with Crippen molar-refractivity contribution in [3.63, 3.8) is 0 Å². The minimum Gasteiger partial charge on any atom is -0.478 e. The largest absolute Gasteiger partial charge is 0.478 e. The average Bonchev–Trinajstić information content (AvgIpc) is 2.40. The van der Waals surface area contributed by atoms with E-state index in [1.807, 2.05) is 0 Å². The van der Waals surface area contributed by atoms with Crippen molar-refractivity contribution in [1.29, 1.82) is 0 Å². The molecular formula is C13H9ClN2O5. The van der Waals surface area contributed by atoms with Crippen LogP contribution in [0.1, 0.15) is 15.9 Å². The third kappa shape index (κ3) is 3.26. The second-order valence-electron chi connectivity index (χ2n) is 4.12. The van der Waals surface area contributed by atoms with Gasteiger partial charge in [0.1, 0.15) is 11.5 Å². The molecule has 0 saturated carbocycles. The first-order valence-electron chi connectivity index (χ1n) is 5.69. The second-order valence-corrected chi connectivity index (χ2v) is 4.56. The molecule has 1 heterocycles. The van der Waals surface area contributed by atoms with Crippen molar-refractivity contribution in [1.82, 2.24) is 4.98 Å². The normalized spacial score (nSPS) is 10.2. The molecule has 7 nitrogen and oxygen atoms in total. The van der Waals surface area contributed by atoms with Crippen molar-refractivity contribution in [3.8, 4) is 11.5 Å². The Morgan fingerprint density at radius 1 is 1.38 bits per heavy atom. The molecular weight excluding hydrogens is 300 g/mol. The van der Waals surface area contributed by atoms with E-state index in [2.05, 4.69) is 4.98 Å². The SMILES string of the molecule is Cc1c(Oc2cncc(Cl)c2)cc(C(=O)O)cc1[N+](=O)[O-]. The molecule has 21 heavy (non-hydrogen) atoms. The third-order valence-corrected chi connectivity index (χ3v) is 2.89. The molecule has 108 valence electrons. The van der Waals surface area contributed by atoms with Crippen LogP contribution < -0.4 is 4.74 Å². The van der Waals surface area contributed by atoms with E-state index in [-0.39, 0.29) is 28.3 Å². The molecule has 0 saturated heterocycles. The zero-order valence-electron chi connectivity index (χ0n) is 10.7. The summed E-state index contributed by atoms with van der Waals surface area (Å²) in [7, 11) is 0. The zero-order chi connectivity index (χ0) is 15.6. The highest BCUT2D eigenvalue weighted by Gasteiger charge is 2.20. The van der Waals surface area contributed by atoms with E-state index < -0.39 is 10.9 Å². The Bertz CT molecular complexity index is 732. The number of nitrogens with zero attached hydrogens (tertiary/aromatic N) is 2. The molecule has 1 N–H and O–H groups in total. The Labute approximate surface area is 123 Å². The fourth-order valence-electron chi connectivity index (χ4n) is 1.67. The lowest BCUT2D eigenvalue weighted by Gasteiger charge is -2.10. The van der Waals surface area contributed by atoms with Crippen LogP contribution in [-0.2, 0) is 0 Å². The van der Waals surface area contributed by atoms with E-state index in [0.717, 1.165) is 6.07 Å². The molecule has 0 atom stereocenters. The third-order valence-electron chi connectivity index (χ3n) is 2.68. The Balaban J connectivity index is 2.51. The first-order chi connectivity index (χ1) is 9.88. The Kier molecular flexibility index (Phi) is 4.04. The van der Waals surface area contributed by atoms with Gasteiger partial charge in [-0.05, 0) is 13.0 Å². The number of rotatable bonds is 4. The monoisotopic (exact) mass is 308 g/mol. The Morgan fingerprint density at radius 2 is 2.10 bits per heavy atom. The lowest BCUT2D eigenvalue weighted by molar-refractivity contribution is -0.385. The molecule has 8 heteroatoms. The van der Waals surface area contributed by atoms with Gasteiger partial charge in [-0.3, -0.25) is 15.1 Å². The Morgan fingerprint density at radius 3 is 2.67 bits per heavy atom. The number of aromatic carboxylic acids is 1. The fraction of sp³-hybridized carbons (Fsp3) is 0.0769. The van der Waals surface area contributed by atoms with Crippen LogP contribution >= 0.6 is 11.6 Å². The van der Waals surface area contributed by atoms with E-state index >= 15 is 0 Å². The molecule has 0 aliphatic heterocycles. The second kappa shape index (κ2) is 5.76. The highest BCUT2D eigenvalue weighted by molar-refractivity contribution is 6.30. The van der Waals surface area contributed by atoms with Crippen LogP contribution in [0.2, 0.25) is 5.02 Å². The molecule has 1 aromatic carbocycles. The summed E-state index contributed by atoms with van der Waals surface area (Å²) in [6, 6.07) is 3.67. The van der Waals surface area contributed by atoms with Gasteiger partial charge in [0.25, 0.3) is 5.69 Å². The predicted molar refractivity (Wildman–Crippen MR) is 74.1 cm³/mol. The van der Waals surface area contributed by atoms with E-state index in [1.165, 1.54) is 31.5 Å². The van der Waals surface area contributed by atoms with Crippen molar-refractivity contribution < 1.29 is 19.6 Å². The van der Waals surface area contributed by atoms with Gasteiger partial charge in [0, 0.05) is 18.3 Å². The van der Waals surface area contributed by atoms with Gasteiger partial charge in [0.2, 0.25) is 0 Å². The smallest absolute Gasteiger partial charge is 0.336 e. The fourth-order valence-corrected chi connectivity index (χ4v) is 1.83. The summed E-state index contributed by atoms with van der Waals surface area (Å²) in [6.07, 6.45) is 2.77. The number of nitro groups is 1. The summed E-state index contributed by atoms with van der Waals surface area (Å²) in [6.45, 7) is 1.47. The summed E-state index contributed by atoms with van der Waals surface area (Å²) in [5.74, 6) is -0.972. The van der Waals surface area contributed by atoms with E-state index in [1.54, 1.807) is 0 Å². The average molecular weight is 309 g/mol. The molecule has 0 bridgehead atoms. The van der Waals surface area contributed by atoms with Gasteiger partial charge in [0.15, 0.2) is 0 Å². The van der Waals surface area contributed by atoms with Crippen molar-refractivity contribution in [2.75, 3.05) is 0 Å². The molecule has 0 aliphatic carbocycles. The molecule has 0 amide bonds. The predicted octanol–water partition coefficient (Wildman–Crippen LogP) is 3.44. The molecule has 0 aliphatic rings. The number of halogens is 1. The van der Waals surface area contributed by atoms with Gasteiger partial charge in [-0.1, -0.05) is 11.6 Å². The van der Waals surface area contributed by atoms with Crippen molar-refractivity contribution >= 4 is 23.3 Å². The number of benzene rings is 1. The van der Waals surface area contributed by atoms with Gasteiger partial charge in [-0.15, -0.1) is 0 Å². The molecule has 1 aromatic heterocycles. The number of carboxylic acids is 1. The number of hydrogen-bond donors (Lipinski definition) is 1. The number of carboxylic acid groups (broad SMARTS) is 1. The Hall–Kier alpha value is -2.67. The number of hydrogen-bond acceptors (Lipinski definition) is 5. The highest BCUT2D eigenvalue weighted by Crippen LogP contribution is 2.33. The van der Waals surface area contributed by atoms with Crippen LogP contribution in [0.25, 0.3) is 0 Å². The standard InChI is InChI=1S/C13H9ClN2O5/c1-7-11(16(19)20)2-8(13(17)18)3-12(7)21-10-4-9(14)5-15-6-10/h2-6H,1H3,(H,17,18). The summed E-state index contributed by atoms with van der Waals surface area (Å²) in [5, 5.41) is 20.3. The highest BCUT2D eigenvalue weighted by atomic mass is 35.5. The number of ether oxygens (including phenoxy) is 1. The molecule has 2 rings (SSSR count). The lowest BCUT2D eigenvalue weighted by Crippen LogP contribution is -2.02. The van der Waals surface area contributed by atoms with Crippen molar-refractivity contribution in [2.24, 2.45) is 0 Å². The number of carbonyl (C=O) groups is 1. The number of pyridine rings is 1. The van der Waals surface area contributed by atoms with Gasteiger partial charge in [-0.25, -0.2) is 4.79 Å². The van der Waals surface area contributed by atoms with Crippen LogP contribution in [0, 0.1) is 17.0 Å². The lowest BCUT2D eigenvalue weighted by atomic mass is 10.1. The summed E-state index contributed by atoms with van der Waals surface area (Å²) < 4.78 is 5.46. The van der Waals surface area contributed by atoms with Gasteiger partial charge >= 0.3 is 5.97 Å². The maximum Gasteiger partial charge on any atom is 0.336 e. The van der Waals surface area contributed by atoms with Crippen LogP contribution in [0.3, 0.4) is 0 Å². The zero-order valence-corrected chi connectivity index (χ0v) is 11.5. The van der Waals surface area contributed by atoms with Crippen LogP contribution in [0.4, 0.5) is 5.69 Å². The van der Waals surface area contributed by atoms with Crippen LogP contribution in [-0.4, -0.2) is 21.0 Å². The first kappa shape index (κ1) is 14.7. The van der Waals surface area contributed by atoms with Gasteiger partial charge < -0.3 is 9.84 Å². The molecule has 0 unspecified atom stereocenters. The summed E-state index contributed by atoms with van der Waals surface area (Å²) in [4.78, 5) is 25.2. The van der Waals surface area contributed by atoms with E-state index in [4.69, 9.17) is 21.4 Å². The molecule has 0 radical (unpaired) electrons. The maximum absolute atomic E-state index is 11.0. The minimum atomic E-state index is -1.29. The van der Waals surface area contributed by atoms with Gasteiger partial charge in [-0.2, -0.15) is 0 Å².